The highest BCUT2D eigenvalue weighted by Crippen LogP contribution is 2.30. The summed E-state index contributed by atoms with van der Waals surface area (Å²) in [5, 5.41) is 4.77. The molecule has 154 valence electrons. The van der Waals surface area contributed by atoms with Gasteiger partial charge in [0, 0.05) is 4.88 Å². The summed E-state index contributed by atoms with van der Waals surface area (Å²) in [6, 6.07) is 14.8. The van der Waals surface area contributed by atoms with Crippen LogP contribution in [0.1, 0.15) is 39.0 Å². The number of carbonyl (C=O) groups excluding carboxylic acids is 3. The lowest BCUT2D eigenvalue weighted by Gasteiger charge is -2.15. The zero-order chi connectivity index (χ0) is 21.1. The van der Waals surface area contributed by atoms with E-state index >= 15 is 0 Å². The largest absolute Gasteiger partial charge is 0.344 e. The van der Waals surface area contributed by atoms with Gasteiger partial charge in [-0.05, 0) is 54.2 Å². The lowest BCUT2D eigenvalue weighted by Crippen LogP contribution is -2.51. The Morgan fingerprint density at radius 2 is 1.83 bits per heavy atom. The molecular weight excluding hydrogens is 398 g/mol. The molecule has 0 bridgehead atoms. The second-order valence-electron chi connectivity index (χ2n) is 7.46. The smallest absolute Gasteiger partial charge is 0.279 e. The summed E-state index contributed by atoms with van der Waals surface area (Å²) in [7, 11) is 0. The quantitative estimate of drug-likeness (QED) is 0.554. The number of fused-ring (bicyclic) bond motifs is 2. The number of aryl methyl sites for hydroxylation is 2. The number of nitrogens with one attached hydrogen (secondary N) is 3. The van der Waals surface area contributed by atoms with E-state index in [1.807, 2.05) is 48.5 Å². The lowest BCUT2D eigenvalue weighted by molar-refractivity contribution is -0.128. The Hall–Kier alpha value is -3.19. The average molecular weight is 422 g/mol. The Morgan fingerprint density at radius 1 is 1.03 bits per heavy atom. The SMILES string of the molecule is C[C@H](NC(=O)Cc1cccc2ccccc12)C(=O)NNC(=O)c1cc2c(s1)CCC2. The number of carbonyl (C=O) groups is 3. The molecule has 2 aromatic carbocycles. The number of hydrogen-bond donors (Lipinski definition) is 3. The lowest BCUT2D eigenvalue weighted by atomic mass is 10.0. The summed E-state index contributed by atoms with van der Waals surface area (Å²) in [6.45, 7) is 1.59. The molecule has 0 fully saturated rings. The minimum atomic E-state index is -0.777. The molecule has 3 amide bonds. The Labute approximate surface area is 178 Å². The molecule has 0 saturated carbocycles. The van der Waals surface area contributed by atoms with Gasteiger partial charge in [0.05, 0.1) is 11.3 Å². The number of benzene rings is 2. The fourth-order valence-corrected chi connectivity index (χ4v) is 4.86. The van der Waals surface area contributed by atoms with Crippen molar-refractivity contribution >= 4 is 39.8 Å². The van der Waals surface area contributed by atoms with Crippen LogP contribution in [0.25, 0.3) is 10.8 Å². The van der Waals surface area contributed by atoms with Crippen molar-refractivity contribution in [2.45, 2.75) is 38.6 Å². The van der Waals surface area contributed by atoms with Gasteiger partial charge in [-0.25, -0.2) is 0 Å². The number of hydrazine groups is 1. The molecule has 4 rings (SSSR count). The molecule has 3 aromatic rings. The van der Waals surface area contributed by atoms with Crippen molar-refractivity contribution in [3.05, 3.63) is 69.4 Å². The maximum Gasteiger partial charge on any atom is 0.279 e. The van der Waals surface area contributed by atoms with E-state index in [-0.39, 0.29) is 18.2 Å². The molecule has 6 nitrogen and oxygen atoms in total. The number of hydrogen-bond acceptors (Lipinski definition) is 4. The van der Waals surface area contributed by atoms with Crippen molar-refractivity contribution in [2.24, 2.45) is 0 Å². The van der Waals surface area contributed by atoms with Gasteiger partial charge in [-0.3, -0.25) is 25.2 Å². The van der Waals surface area contributed by atoms with Gasteiger partial charge in [-0.1, -0.05) is 42.5 Å². The molecule has 0 aliphatic heterocycles. The first kappa shape index (κ1) is 20.1. The minimum absolute atomic E-state index is 0.173. The van der Waals surface area contributed by atoms with E-state index in [1.54, 1.807) is 6.92 Å². The second kappa shape index (κ2) is 8.67. The molecule has 7 heteroatoms. The third kappa shape index (κ3) is 4.36. The van der Waals surface area contributed by atoms with E-state index in [1.165, 1.54) is 21.8 Å². The molecule has 3 N–H and O–H groups in total. The van der Waals surface area contributed by atoms with Crippen LogP contribution in [0.3, 0.4) is 0 Å². The number of amides is 3. The minimum Gasteiger partial charge on any atom is -0.344 e. The molecule has 0 saturated heterocycles. The third-order valence-electron chi connectivity index (χ3n) is 5.27. The first-order chi connectivity index (χ1) is 14.5. The molecule has 1 atom stereocenters. The van der Waals surface area contributed by atoms with Crippen molar-refractivity contribution in [1.82, 2.24) is 16.2 Å². The highest BCUT2D eigenvalue weighted by molar-refractivity contribution is 7.14. The summed E-state index contributed by atoms with van der Waals surface area (Å²) in [6.07, 6.45) is 3.33. The fraction of sp³-hybridized carbons (Fsp3) is 0.261. The molecule has 0 unspecified atom stereocenters. The Balaban J connectivity index is 1.29. The van der Waals surface area contributed by atoms with Gasteiger partial charge in [0.1, 0.15) is 6.04 Å². The van der Waals surface area contributed by atoms with E-state index in [2.05, 4.69) is 16.2 Å². The van der Waals surface area contributed by atoms with Crippen LogP contribution in [-0.4, -0.2) is 23.8 Å². The first-order valence-electron chi connectivity index (χ1n) is 9.99. The first-order valence-corrected chi connectivity index (χ1v) is 10.8. The summed E-state index contributed by atoms with van der Waals surface area (Å²) in [5.41, 5.74) is 6.96. The molecule has 1 aromatic heterocycles. The zero-order valence-corrected chi connectivity index (χ0v) is 17.5. The summed E-state index contributed by atoms with van der Waals surface area (Å²) >= 11 is 1.47. The van der Waals surface area contributed by atoms with Gasteiger partial charge in [0.2, 0.25) is 5.91 Å². The Bertz CT molecular complexity index is 1100. The standard InChI is InChI=1S/C23H23N3O3S/c1-14(22(28)25-26-23(29)20-12-17-9-5-11-19(17)30-20)24-21(27)13-16-8-4-7-15-6-2-3-10-18(15)16/h2-4,6-8,10,12,14H,5,9,11,13H2,1H3,(H,24,27)(H,25,28)(H,26,29)/t14-/m0/s1. The van der Waals surface area contributed by atoms with Crippen LogP contribution in [0.4, 0.5) is 0 Å². The predicted molar refractivity (Wildman–Crippen MR) is 117 cm³/mol. The van der Waals surface area contributed by atoms with Gasteiger partial charge < -0.3 is 5.32 Å². The van der Waals surface area contributed by atoms with E-state index in [9.17, 15) is 14.4 Å². The van der Waals surface area contributed by atoms with Crippen molar-refractivity contribution < 1.29 is 14.4 Å². The molecule has 30 heavy (non-hydrogen) atoms. The number of rotatable bonds is 5. The second-order valence-corrected chi connectivity index (χ2v) is 8.60. The van der Waals surface area contributed by atoms with Crippen LogP contribution in [0.15, 0.2) is 48.5 Å². The predicted octanol–water partition coefficient (Wildman–Crippen LogP) is 2.90. The molecule has 0 radical (unpaired) electrons. The van der Waals surface area contributed by atoms with Crippen LogP contribution in [0.2, 0.25) is 0 Å². The number of thiophene rings is 1. The van der Waals surface area contributed by atoms with Crippen molar-refractivity contribution in [1.29, 1.82) is 0 Å². The van der Waals surface area contributed by atoms with Crippen molar-refractivity contribution in [3.63, 3.8) is 0 Å². The molecular formula is C23H23N3O3S. The van der Waals surface area contributed by atoms with E-state index in [0.717, 1.165) is 35.6 Å². The van der Waals surface area contributed by atoms with Crippen molar-refractivity contribution in [3.8, 4) is 0 Å². The molecule has 1 aliphatic rings. The Kier molecular flexibility index (Phi) is 5.81. The normalized spacial score (nSPS) is 13.5. The molecule has 0 spiro atoms. The van der Waals surface area contributed by atoms with Crippen LogP contribution < -0.4 is 16.2 Å². The van der Waals surface area contributed by atoms with E-state index in [0.29, 0.717) is 4.88 Å². The van der Waals surface area contributed by atoms with Crippen LogP contribution in [0, 0.1) is 0 Å². The highest BCUT2D eigenvalue weighted by Gasteiger charge is 2.20. The van der Waals surface area contributed by atoms with Gasteiger partial charge in [-0.2, -0.15) is 0 Å². The van der Waals surface area contributed by atoms with Gasteiger partial charge in [-0.15, -0.1) is 11.3 Å². The molecule has 1 heterocycles. The van der Waals surface area contributed by atoms with Crippen LogP contribution in [0.5, 0.6) is 0 Å². The maximum absolute atomic E-state index is 12.4. The van der Waals surface area contributed by atoms with Gasteiger partial charge >= 0.3 is 0 Å². The zero-order valence-electron chi connectivity index (χ0n) is 16.7. The summed E-state index contributed by atoms with van der Waals surface area (Å²) in [5.74, 6) is -1.06. The Morgan fingerprint density at radius 3 is 2.67 bits per heavy atom. The van der Waals surface area contributed by atoms with Crippen LogP contribution in [-0.2, 0) is 28.9 Å². The van der Waals surface area contributed by atoms with Crippen LogP contribution >= 0.6 is 11.3 Å². The van der Waals surface area contributed by atoms with E-state index in [4.69, 9.17) is 0 Å². The van der Waals surface area contributed by atoms with Gasteiger partial charge in [0.15, 0.2) is 0 Å². The van der Waals surface area contributed by atoms with E-state index < -0.39 is 11.9 Å². The summed E-state index contributed by atoms with van der Waals surface area (Å²) < 4.78 is 0. The highest BCUT2D eigenvalue weighted by atomic mass is 32.1. The molecule has 1 aliphatic carbocycles. The summed E-state index contributed by atoms with van der Waals surface area (Å²) in [4.78, 5) is 38.8. The monoisotopic (exact) mass is 421 g/mol. The fourth-order valence-electron chi connectivity index (χ4n) is 3.71. The maximum atomic E-state index is 12.4. The van der Waals surface area contributed by atoms with Gasteiger partial charge in [0.25, 0.3) is 11.8 Å². The average Bonchev–Trinajstić information content (AvgIpc) is 3.34. The third-order valence-corrected chi connectivity index (χ3v) is 6.51. The topological polar surface area (TPSA) is 87.3 Å². The van der Waals surface area contributed by atoms with Crippen molar-refractivity contribution in [2.75, 3.05) is 0 Å².